The largest absolute Gasteiger partial charge is 0.467 e. The zero-order chi connectivity index (χ0) is 14.8. The van der Waals surface area contributed by atoms with Crippen LogP contribution in [0.4, 0.5) is 0 Å². The Morgan fingerprint density at radius 2 is 2.25 bits per heavy atom. The zero-order valence-electron chi connectivity index (χ0n) is 10.4. The fourth-order valence-corrected chi connectivity index (χ4v) is 2.39. The number of aromatic amines is 1. The van der Waals surface area contributed by atoms with Crippen molar-refractivity contribution in [2.75, 3.05) is 7.11 Å². The summed E-state index contributed by atoms with van der Waals surface area (Å²) in [5.41, 5.74) is -1.81. The summed E-state index contributed by atoms with van der Waals surface area (Å²) in [6, 6.07) is 4.42. The first-order valence-electron chi connectivity index (χ1n) is 5.58. The highest BCUT2D eigenvalue weighted by atomic mass is 35.5. The van der Waals surface area contributed by atoms with E-state index in [1.165, 1.54) is 31.6 Å². The van der Waals surface area contributed by atoms with Gasteiger partial charge in [0, 0.05) is 15.6 Å². The summed E-state index contributed by atoms with van der Waals surface area (Å²) in [5.74, 6) is -0.601. The summed E-state index contributed by atoms with van der Waals surface area (Å²) in [6.07, 6.45) is 1.17. The molecular formula is C12H11Cl2N3O3. The van der Waals surface area contributed by atoms with E-state index in [0.29, 0.717) is 5.02 Å². The van der Waals surface area contributed by atoms with Crippen molar-refractivity contribution in [3.05, 3.63) is 46.0 Å². The van der Waals surface area contributed by atoms with Crippen LogP contribution in [0.1, 0.15) is 11.4 Å². The maximum absolute atomic E-state index is 12.0. The Labute approximate surface area is 124 Å². The van der Waals surface area contributed by atoms with Gasteiger partial charge >= 0.3 is 5.97 Å². The minimum absolute atomic E-state index is 0.154. The van der Waals surface area contributed by atoms with E-state index in [9.17, 15) is 9.90 Å². The van der Waals surface area contributed by atoms with Gasteiger partial charge in [-0.3, -0.25) is 5.10 Å². The number of hydrogen-bond donors (Lipinski definition) is 2. The Hall–Kier alpha value is -1.63. The van der Waals surface area contributed by atoms with Crippen LogP contribution in [0.2, 0.25) is 10.0 Å². The fourth-order valence-electron chi connectivity index (χ4n) is 1.82. The number of esters is 1. The smallest absolute Gasteiger partial charge is 0.343 e. The van der Waals surface area contributed by atoms with Gasteiger partial charge in [-0.05, 0) is 12.1 Å². The highest BCUT2D eigenvalue weighted by Crippen LogP contribution is 2.33. The summed E-state index contributed by atoms with van der Waals surface area (Å²) in [6.45, 7) is 0. The molecule has 2 rings (SSSR count). The second-order valence-electron chi connectivity index (χ2n) is 4.07. The number of nitrogens with one attached hydrogen (secondary N) is 1. The number of halogens is 2. The van der Waals surface area contributed by atoms with Crippen molar-refractivity contribution in [3.63, 3.8) is 0 Å². The highest BCUT2D eigenvalue weighted by molar-refractivity contribution is 6.35. The summed E-state index contributed by atoms with van der Waals surface area (Å²) in [4.78, 5) is 15.9. The van der Waals surface area contributed by atoms with Gasteiger partial charge in [0.2, 0.25) is 0 Å². The Morgan fingerprint density at radius 3 is 2.80 bits per heavy atom. The minimum atomic E-state index is -1.99. The zero-order valence-corrected chi connectivity index (χ0v) is 11.9. The number of aromatic nitrogens is 3. The van der Waals surface area contributed by atoms with E-state index < -0.39 is 11.6 Å². The molecular weight excluding hydrogens is 305 g/mol. The number of H-pyrrole nitrogens is 1. The number of aliphatic hydroxyl groups is 1. The number of rotatable bonds is 4. The van der Waals surface area contributed by atoms with Crippen molar-refractivity contribution >= 4 is 29.2 Å². The lowest BCUT2D eigenvalue weighted by Crippen LogP contribution is -2.39. The third kappa shape index (κ3) is 2.77. The molecule has 20 heavy (non-hydrogen) atoms. The quantitative estimate of drug-likeness (QED) is 0.839. The Morgan fingerprint density at radius 1 is 1.50 bits per heavy atom. The molecule has 1 unspecified atom stereocenters. The normalized spacial score (nSPS) is 13.8. The molecule has 0 saturated carbocycles. The van der Waals surface area contributed by atoms with E-state index in [1.54, 1.807) is 0 Å². The van der Waals surface area contributed by atoms with Crippen LogP contribution in [0, 0.1) is 0 Å². The molecule has 8 heteroatoms. The van der Waals surface area contributed by atoms with Crippen LogP contribution >= 0.6 is 23.2 Å². The molecule has 0 fully saturated rings. The second kappa shape index (κ2) is 5.78. The molecule has 0 aliphatic carbocycles. The van der Waals surface area contributed by atoms with E-state index in [0.717, 1.165) is 0 Å². The van der Waals surface area contributed by atoms with Crippen molar-refractivity contribution in [3.8, 4) is 0 Å². The summed E-state index contributed by atoms with van der Waals surface area (Å²) in [5, 5.41) is 17.6. The highest BCUT2D eigenvalue weighted by Gasteiger charge is 2.42. The van der Waals surface area contributed by atoms with E-state index in [-0.39, 0.29) is 22.8 Å². The van der Waals surface area contributed by atoms with E-state index in [1.807, 2.05) is 0 Å². The van der Waals surface area contributed by atoms with Crippen LogP contribution in [0.3, 0.4) is 0 Å². The number of carbonyl (C=O) groups is 1. The van der Waals surface area contributed by atoms with Gasteiger partial charge in [-0.1, -0.05) is 29.3 Å². The molecule has 2 N–H and O–H groups in total. The SMILES string of the molecule is COC(=O)C(O)(Cc1nc[nH]n1)c1ccc(Cl)cc1Cl. The average molecular weight is 316 g/mol. The number of hydrogen-bond acceptors (Lipinski definition) is 5. The van der Waals surface area contributed by atoms with Crippen molar-refractivity contribution < 1.29 is 14.6 Å². The number of methoxy groups -OCH3 is 1. The molecule has 0 spiro atoms. The number of nitrogens with zero attached hydrogens (tertiary/aromatic N) is 2. The predicted octanol–water partition coefficient (Wildman–Crippen LogP) is 1.71. The standard InChI is InChI=1S/C12H11Cl2N3O3/c1-20-11(18)12(19,5-10-15-6-16-17-10)8-3-2-7(13)4-9(8)14/h2-4,6,19H,5H2,1H3,(H,15,16,17). The third-order valence-corrected chi connectivity index (χ3v) is 3.33. The average Bonchev–Trinajstić information content (AvgIpc) is 2.90. The van der Waals surface area contributed by atoms with Gasteiger partial charge in [-0.15, -0.1) is 0 Å². The maximum Gasteiger partial charge on any atom is 0.343 e. The van der Waals surface area contributed by atoms with E-state index >= 15 is 0 Å². The molecule has 1 atom stereocenters. The summed E-state index contributed by atoms with van der Waals surface area (Å²) in [7, 11) is 1.18. The van der Waals surface area contributed by atoms with E-state index in [4.69, 9.17) is 23.2 Å². The van der Waals surface area contributed by atoms with Crippen LogP contribution < -0.4 is 0 Å². The van der Waals surface area contributed by atoms with Gasteiger partial charge in [0.1, 0.15) is 6.33 Å². The minimum Gasteiger partial charge on any atom is -0.467 e. The van der Waals surface area contributed by atoms with Gasteiger partial charge in [-0.2, -0.15) is 5.10 Å². The first kappa shape index (κ1) is 14.8. The van der Waals surface area contributed by atoms with Crippen LogP contribution in [0.25, 0.3) is 0 Å². The molecule has 0 bridgehead atoms. The number of ether oxygens (including phenoxy) is 1. The fraction of sp³-hybridized carbons (Fsp3) is 0.250. The summed E-state index contributed by atoms with van der Waals surface area (Å²) >= 11 is 11.9. The van der Waals surface area contributed by atoms with Crippen LogP contribution in [0.5, 0.6) is 0 Å². The molecule has 0 radical (unpaired) electrons. The van der Waals surface area contributed by atoms with Gasteiger partial charge in [-0.25, -0.2) is 9.78 Å². The lowest BCUT2D eigenvalue weighted by Gasteiger charge is -2.25. The van der Waals surface area contributed by atoms with Crippen molar-refractivity contribution in [1.82, 2.24) is 15.2 Å². The molecule has 1 aromatic heterocycles. The monoisotopic (exact) mass is 315 g/mol. The predicted molar refractivity (Wildman–Crippen MR) is 72.5 cm³/mol. The van der Waals surface area contributed by atoms with Crippen LogP contribution in [-0.4, -0.2) is 33.4 Å². The van der Waals surface area contributed by atoms with E-state index in [2.05, 4.69) is 19.9 Å². The van der Waals surface area contributed by atoms with Crippen molar-refractivity contribution in [1.29, 1.82) is 0 Å². The third-order valence-electron chi connectivity index (χ3n) is 2.78. The Bertz CT molecular complexity index is 618. The lowest BCUT2D eigenvalue weighted by atomic mass is 9.90. The Kier molecular flexibility index (Phi) is 4.27. The van der Waals surface area contributed by atoms with Gasteiger partial charge in [0.05, 0.1) is 13.5 Å². The topological polar surface area (TPSA) is 88.1 Å². The first-order chi connectivity index (χ1) is 9.47. The molecule has 2 aromatic rings. The van der Waals surface area contributed by atoms with Crippen molar-refractivity contribution in [2.24, 2.45) is 0 Å². The van der Waals surface area contributed by atoms with Gasteiger partial charge < -0.3 is 9.84 Å². The van der Waals surface area contributed by atoms with Crippen LogP contribution in [0.15, 0.2) is 24.5 Å². The van der Waals surface area contributed by atoms with Crippen molar-refractivity contribution in [2.45, 2.75) is 12.0 Å². The molecule has 6 nitrogen and oxygen atoms in total. The molecule has 1 aromatic carbocycles. The molecule has 0 aliphatic heterocycles. The molecule has 1 heterocycles. The lowest BCUT2D eigenvalue weighted by molar-refractivity contribution is -0.163. The number of carbonyl (C=O) groups excluding carboxylic acids is 1. The summed E-state index contributed by atoms with van der Waals surface area (Å²) < 4.78 is 4.66. The first-order valence-corrected chi connectivity index (χ1v) is 6.34. The molecule has 0 aliphatic rings. The van der Waals surface area contributed by atoms with Gasteiger partial charge in [0.25, 0.3) is 0 Å². The molecule has 0 saturated heterocycles. The molecule has 0 amide bonds. The number of benzene rings is 1. The molecule has 106 valence electrons. The Balaban J connectivity index is 2.48. The maximum atomic E-state index is 12.0. The van der Waals surface area contributed by atoms with Gasteiger partial charge in [0.15, 0.2) is 11.4 Å². The van der Waals surface area contributed by atoms with Crippen LogP contribution in [-0.2, 0) is 21.6 Å². The second-order valence-corrected chi connectivity index (χ2v) is 4.91.